The van der Waals surface area contributed by atoms with Crippen molar-refractivity contribution in [3.63, 3.8) is 0 Å². The number of thiazole rings is 1. The van der Waals surface area contributed by atoms with Crippen LogP contribution in [0.1, 0.15) is 50.2 Å². The Balaban J connectivity index is 2.30. The third kappa shape index (κ3) is 4.74. The van der Waals surface area contributed by atoms with Gasteiger partial charge in [0.2, 0.25) is 5.91 Å². The minimum absolute atomic E-state index is 0.0591. The molecular weight excluding hydrogens is 246 g/mol. The van der Waals surface area contributed by atoms with Crippen molar-refractivity contribution in [1.82, 2.24) is 10.3 Å². The van der Waals surface area contributed by atoms with Crippen LogP contribution in [-0.2, 0) is 11.2 Å². The molecule has 4 nitrogen and oxygen atoms in total. The van der Waals surface area contributed by atoms with Crippen LogP contribution in [0.15, 0.2) is 5.38 Å². The van der Waals surface area contributed by atoms with E-state index in [-0.39, 0.29) is 11.9 Å². The molecule has 0 saturated carbocycles. The van der Waals surface area contributed by atoms with E-state index in [1.807, 2.05) is 6.92 Å². The van der Waals surface area contributed by atoms with Gasteiger partial charge in [-0.1, -0.05) is 27.2 Å². The monoisotopic (exact) mass is 269 g/mol. The molecule has 0 aliphatic carbocycles. The van der Waals surface area contributed by atoms with Crippen LogP contribution in [0.3, 0.4) is 0 Å². The van der Waals surface area contributed by atoms with E-state index in [4.69, 9.17) is 5.73 Å². The van der Waals surface area contributed by atoms with Crippen LogP contribution in [0.4, 0.5) is 0 Å². The lowest BCUT2D eigenvalue weighted by Gasteiger charge is -2.10. The van der Waals surface area contributed by atoms with E-state index in [0.29, 0.717) is 12.5 Å². The van der Waals surface area contributed by atoms with Gasteiger partial charge in [-0.25, -0.2) is 4.98 Å². The lowest BCUT2D eigenvalue weighted by molar-refractivity contribution is -0.122. The van der Waals surface area contributed by atoms with E-state index in [1.54, 1.807) is 11.3 Å². The molecule has 102 valence electrons. The smallest absolute Gasteiger partial charge is 0.236 e. The predicted molar refractivity (Wildman–Crippen MR) is 75.8 cm³/mol. The van der Waals surface area contributed by atoms with Crippen molar-refractivity contribution in [1.29, 1.82) is 0 Å². The molecule has 0 fully saturated rings. The van der Waals surface area contributed by atoms with Crippen molar-refractivity contribution < 1.29 is 4.79 Å². The number of hydrogen-bond donors (Lipinski definition) is 2. The third-order valence-corrected chi connectivity index (χ3v) is 3.87. The van der Waals surface area contributed by atoms with Crippen molar-refractivity contribution in [2.45, 2.75) is 52.0 Å². The fourth-order valence-corrected chi connectivity index (χ4v) is 2.46. The number of rotatable bonds is 7. The summed E-state index contributed by atoms with van der Waals surface area (Å²) in [6.07, 6.45) is 2.44. The normalized spacial score (nSPS) is 12.7. The fraction of sp³-hybridized carbons (Fsp3) is 0.692. The minimum Gasteiger partial charge on any atom is -0.354 e. The number of carbonyl (C=O) groups is 1. The standard InChI is InChI=1S/C13H23N3OS/c1-4-5-11(14)12(17)15-7-6-10-8-18-13(16-10)9(2)3/h8-9,11H,4-7,14H2,1-3H3,(H,15,17). The molecule has 1 unspecified atom stereocenters. The molecule has 0 radical (unpaired) electrons. The van der Waals surface area contributed by atoms with Gasteiger partial charge in [-0.2, -0.15) is 0 Å². The Bertz CT molecular complexity index is 376. The average Bonchev–Trinajstić information content (AvgIpc) is 2.78. The van der Waals surface area contributed by atoms with Gasteiger partial charge in [-0.05, 0) is 6.42 Å². The maximum atomic E-state index is 11.6. The summed E-state index contributed by atoms with van der Waals surface area (Å²) in [5, 5.41) is 6.07. The van der Waals surface area contributed by atoms with E-state index < -0.39 is 0 Å². The maximum absolute atomic E-state index is 11.6. The lowest BCUT2D eigenvalue weighted by atomic mass is 10.1. The van der Waals surface area contributed by atoms with E-state index in [2.05, 4.69) is 29.5 Å². The van der Waals surface area contributed by atoms with E-state index >= 15 is 0 Å². The quantitative estimate of drug-likeness (QED) is 0.796. The SMILES string of the molecule is CCCC(N)C(=O)NCCc1csc(C(C)C)n1. The first kappa shape index (κ1) is 15.1. The van der Waals surface area contributed by atoms with Crippen LogP contribution >= 0.6 is 11.3 Å². The number of carbonyl (C=O) groups excluding carboxylic acids is 1. The highest BCUT2D eigenvalue weighted by Crippen LogP contribution is 2.19. The summed E-state index contributed by atoms with van der Waals surface area (Å²) >= 11 is 1.68. The molecule has 1 aromatic rings. The molecule has 1 amide bonds. The van der Waals surface area contributed by atoms with Crippen LogP contribution in [0.2, 0.25) is 0 Å². The summed E-state index contributed by atoms with van der Waals surface area (Å²) < 4.78 is 0. The Morgan fingerprint density at radius 1 is 1.56 bits per heavy atom. The Kier molecular flexibility index (Phi) is 6.29. The molecule has 18 heavy (non-hydrogen) atoms. The molecule has 0 saturated heterocycles. The first-order valence-electron chi connectivity index (χ1n) is 6.52. The Morgan fingerprint density at radius 3 is 2.83 bits per heavy atom. The van der Waals surface area contributed by atoms with Crippen LogP contribution in [-0.4, -0.2) is 23.5 Å². The van der Waals surface area contributed by atoms with Crippen molar-refractivity contribution in [2.75, 3.05) is 6.54 Å². The molecule has 0 bridgehead atoms. The van der Waals surface area contributed by atoms with Gasteiger partial charge in [0.05, 0.1) is 16.7 Å². The topological polar surface area (TPSA) is 68.0 Å². The van der Waals surface area contributed by atoms with Crippen molar-refractivity contribution in [3.05, 3.63) is 16.1 Å². The van der Waals surface area contributed by atoms with E-state index in [0.717, 1.165) is 30.0 Å². The Labute approximate surface area is 113 Å². The lowest BCUT2D eigenvalue weighted by Crippen LogP contribution is -2.41. The number of nitrogens with two attached hydrogens (primary N) is 1. The van der Waals surface area contributed by atoms with Crippen LogP contribution in [0.5, 0.6) is 0 Å². The van der Waals surface area contributed by atoms with Gasteiger partial charge in [-0.15, -0.1) is 11.3 Å². The summed E-state index contributed by atoms with van der Waals surface area (Å²) in [5.74, 6) is 0.410. The van der Waals surface area contributed by atoms with Gasteiger partial charge in [-0.3, -0.25) is 4.79 Å². The first-order chi connectivity index (χ1) is 8.54. The van der Waals surface area contributed by atoms with E-state index in [1.165, 1.54) is 0 Å². The highest BCUT2D eigenvalue weighted by atomic mass is 32.1. The summed E-state index contributed by atoms with van der Waals surface area (Å²) in [6, 6.07) is -0.378. The van der Waals surface area contributed by atoms with Gasteiger partial charge in [0.15, 0.2) is 0 Å². The van der Waals surface area contributed by atoms with Gasteiger partial charge in [0, 0.05) is 24.3 Å². The summed E-state index contributed by atoms with van der Waals surface area (Å²) in [7, 11) is 0. The molecule has 0 aromatic carbocycles. The van der Waals surface area contributed by atoms with Crippen LogP contribution < -0.4 is 11.1 Å². The first-order valence-corrected chi connectivity index (χ1v) is 7.40. The van der Waals surface area contributed by atoms with Crippen molar-refractivity contribution in [2.24, 2.45) is 5.73 Å². The molecule has 0 aliphatic rings. The summed E-state index contributed by atoms with van der Waals surface area (Å²) in [5.41, 5.74) is 6.77. The second-order valence-corrected chi connectivity index (χ2v) is 5.66. The zero-order valence-electron chi connectivity index (χ0n) is 11.4. The molecule has 0 aliphatic heterocycles. The highest BCUT2D eigenvalue weighted by Gasteiger charge is 2.11. The second kappa shape index (κ2) is 7.48. The molecule has 5 heteroatoms. The molecule has 1 heterocycles. The van der Waals surface area contributed by atoms with Crippen molar-refractivity contribution >= 4 is 17.2 Å². The minimum atomic E-state index is -0.378. The average molecular weight is 269 g/mol. The fourth-order valence-electron chi connectivity index (χ4n) is 1.59. The number of hydrogen-bond acceptors (Lipinski definition) is 4. The largest absolute Gasteiger partial charge is 0.354 e. The van der Waals surface area contributed by atoms with Crippen LogP contribution in [0.25, 0.3) is 0 Å². The number of nitrogens with one attached hydrogen (secondary N) is 1. The number of nitrogens with zero attached hydrogens (tertiary/aromatic N) is 1. The Morgan fingerprint density at radius 2 is 2.28 bits per heavy atom. The van der Waals surface area contributed by atoms with Gasteiger partial charge in [0.1, 0.15) is 0 Å². The number of amides is 1. The molecular formula is C13H23N3OS. The van der Waals surface area contributed by atoms with Gasteiger partial charge in [0.25, 0.3) is 0 Å². The van der Waals surface area contributed by atoms with Crippen LogP contribution in [0, 0.1) is 0 Å². The highest BCUT2D eigenvalue weighted by molar-refractivity contribution is 7.09. The third-order valence-electron chi connectivity index (χ3n) is 2.68. The zero-order chi connectivity index (χ0) is 13.5. The number of aromatic nitrogens is 1. The molecule has 1 atom stereocenters. The predicted octanol–water partition coefficient (Wildman–Crippen LogP) is 2.05. The van der Waals surface area contributed by atoms with Gasteiger partial charge >= 0.3 is 0 Å². The van der Waals surface area contributed by atoms with Crippen molar-refractivity contribution in [3.8, 4) is 0 Å². The molecule has 1 rings (SSSR count). The summed E-state index contributed by atoms with van der Waals surface area (Å²) in [4.78, 5) is 16.1. The molecule has 1 aromatic heterocycles. The van der Waals surface area contributed by atoms with Gasteiger partial charge < -0.3 is 11.1 Å². The second-order valence-electron chi connectivity index (χ2n) is 4.77. The molecule has 0 spiro atoms. The zero-order valence-corrected chi connectivity index (χ0v) is 12.2. The summed E-state index contributed by atoms with van der Waals surface area (Å²) in [6.45, 7) is 6.90. The Hall–Kier alpha value is -0.940. The molecule has 3 N–H and O–H groups in total. The van der Waals surface area contributed by atoms with E-state index in [9.17, 15) is 4.79 Å². The maximum Gasteiger partial charge on any atom is 0.236 e.